The van der Waals surface area contributed by atoms with Gasteiger partial charge in [0.25, 0.3) is 0 Å². The van der Waals surface area contributed by atoms with Crippen LogP contribution in [0, 0.1) is 0 Å². The summed E-state index contributed by atoms with van der Waals surface area (Å²) in [6, 6.07) is 14.4. The molecule has 1 saturated heterocycles. The minimum Gasteiger partial charge on any atom is -0.497 e. The van der Waals surface area contributed by atoms with Gasteiger partial charge in [0.2, 0.25) is 0 Å². The number of hydrogen-bond donors (Lipinski definition) is 0. The summed E-state index contributed by atoms with van der Waals surface area (Å²) in [5, 5.41) is 0. The number of methoxy groups -OCH3 is 3. The van der Waals surface area contributed by atoms with Crippen LogP contribution in [-0.4, -0.2) is 57.3 Å². The van der Waals surface area contributed by atoms with Crippen molar-refractivity contribution in [3.05, 3.63) is 53.6 Å². The summed E-state index contributed by atoms with van der Waals surface area (Å²) in [4.78, 5) is 5.04. The van der Waals surface area contributed by atoms with Crippen molar-refractivity contribution < 1.29 is 14.2 Å². The van der Waals surface area contributed by atoms with E-state index >= 15 is 0 Å². The van der Waals surface area contributed by atoms with Crippen LogP contribution in [0.1, 0.15) is 17.5 Å². The molecule has 0 aliphatic carbocycles. The molecule has 0 N–H and O–H groups in total. The molecule has 2 aromatic carbocycles. The fourth-order valence-electron chi connectivity index (χ4n) is 3.58. The Morgan fingerprint density at radius 3 is 1.96 bits per heavy atom. The second kappa shape index (κ2) is 9.62. The average molecular weight is 370 g/mol. The van der Waals surface area contributed by atoms with Gasteiger partial charge in [-0.2, -0.15) is 0 Å². The topological polar surface area (TPSA) is 34.2 Å². The maximum Gasteiger partial charge on any atom is 0.123 e. The van der Waals surface area contributed by atoms with Crippen molar-refractivity contribution in [3.63, 3.8) is 0 Å². The van der Waals surface area contributed by atoms with Crippen LogP contribution < -0.4 is 14.2 Å². The molecule has 0 aromatic heterocycles. The van der Waals surface area contributed by atoms with Crippen molar-refractivity contribution >= 4 is 0 Å². The molecule has 1 fully saturated rings. The van der Waals surface area contributed by atoms with Crippen molar-refractivity contribution in [1.29, 1.82) is 0 Å². The largest absolute Gasteiger partial charge is 0.497 e. The van der Waals surface area contributed by atoms with E-state index in [-0.39, 0.29) is 0 Å². The first-order chi connectivity index (χ1) is 13.2. The highest BCUT2D eigenvalue weighted by Gasteiger charge is 2.17. The summed E-state index contributed by atoms with van der Waals surface area (Å²) in [7, 11) is 5.13. The van der Waals surface area contributed by atoms with Crippen LogP contribution in [0.3, 0.4) is 0 Å². The van der Waals surface area contributed by atoms with Gasteiger partial charge >= 0.3 is 0 Å². The fourth-order valence-corrected chi connectivity index (χ4v) is 3.58. The molecule has 0 bridgehead atoms. The van der Waals surface area contributed by atoms with Gasteiger partial charge in [-0.3, -0.25) is 9.80 Å². The lowest BCUT2D eigenvalue weighted by Gasteiger charge is -2.23. The summed E-state index contributed by atoms with van der Waals surface area (Å²) in [6.45, 7) is 6.21. The summed E-state index contributed by atoms with van der Waals surface area (Å²) >= 11 is 0. The molecule has 2 aromatic rings. The quantitative estimate of drug-likeness (QED) is 0.746. The van der Waals surface area contributed by atoms with E-state index in [1.54, 1.807) is 21.3 Å². The summed E-state index contributed by atoms with van der Waals surface area (Å²) < 4.78 is 16.2. The van der Waals surface area contributed by atoms with E-state index in [0.29, 0.717) is 0 Å². The Morgan fingerprint density at radius 2 is 1.33 bits per heavy atom. The van der Waals surface area contributed by atoms with Gasteiger partial charge in [0.05, 0.1) is 21.3 Å². The smallest absolute Gasteiger partial charge is 0.123 e. The van der Waals surface area contributed by atoms with Gasteiger partial charge in [0, 0.05) is 31.7 Å². The third-order valence-corrected chi connectivity index (χ3v) is 5.13. The first kappa shape index (κ1) is 19.5. The molecular formula is C22H30N2O3. The van der Waals surface area contributed by atoms with Crippen LogP contribution in [0.4, 0.5) is 0 Å². The van der Waals surface area contributed by atoms with Crippen molar-refractivity contribution in [3.8, 4) is 17.2 Å². The second-order valence-electron chi connectivity index (χ2n) is 6.93. The van der Waals surface area contributed by atoms with Gasteiger partial charge in [-0.25, -0.2) is 0 Å². The zero-order valence-corrected chi connectivity index (χ0v) is 16.6. The van der Waals surface area contributed by atoms with Crippen molar-refractivity contribution in [2.24, 2.45) is 0 Å². The standard InChI is InChI=1S/C22H30N2O3/c1-25-20-7-5-18(6-8-20)16-23-11-4-12-24(14-13-23)17-19-15-21(26-2)9-10-22(19)27-3/h5-10,15H,4,11-14,16-17H2,1-3H3. The Hall–Kier alpha value is -2.24. The predicted molar refractivity (Wildman–Crippen MR) is 108 cm³/mol. The SMILES string of the molecule is COc1ccc(CN2CCCN(Cc3cc(OC)ccc3OC)CC2)cc1. The monoisotopic (exact) mass is 370 g/mol. The number of rotatable bonds is 7. The third-order valence-electron chi connectivity index (χ3n) is 5.13. The first-order valence-electron chi connectivity index (χ1n) is 9.50. The van der Waals surface area contributed by atoms with Crippen molar-refractivity contribution in [2.45, 2.75) is 19.5 Å². The number of ether oxygens (including phenoxy) is 3. The van der Waals surface area contributed by atoms with Gasteiger partial charge in [-0.05, 0) is 55.4 Å². The van der Waals surface area contributed by atoms with Crippen molar-refractivity contribution in [2.75, 3.05) is 47.5 Å². The molecule has 0 saturated carbocycles. The first-order valence-corrected chi connectivity index (χ1v) is 9.50. The molecule has 1 heterocycles. The minimum absolute atomic E-state index is 0.877. The number of hydrogen-bond acceptors (Lipinski definition) is 5. The van der Waals surface area contributed by atoms with Gasteiger partial charge in [0.15, 0.2) is 0 Å². The van der Waals surface area contributed by atoms with E-state index in [0.717, 1.165) is 56.5 Å². The van der Waals surface area contributed by atoms with E-state index < -0.39 is 0 Å². The van der Waals surface area contributed by atoms with Crippen LogP contribution >= 0.6 is 0 Å². The maximum absolute atomic E-state index is 5.53. The molecular weight excluding hydrogens is 340 g/mol. The van der Waals surface area contributed by atoms with Gasteiger partial charge in [0.1, 0.15) is 17.2 Å². The molecule has 0 atom stereocenters. The molecule has 5 nitrogen and oxygen atoms in total. The highest BCUT2D eigenvalue weighted by molar-refractivity contribution is 5.40. The third kappa shape index (κ3) is 5.37. The molecule has 1 aliphatic rings. The lowest BCUT2D eigenvalue weighted by Crippen LogP contribution is -2.30. The Kier molecular flexibility index (Phi) is 6.96. The lowest BCUT2D eigenvalue weighted by atomic mass is 10.1. The molecule has 3 rings (SSSR count). The van der Waals surface area contributed by atoms with E-state index in [2.05, 4.69) is 28.0 Å². The molecule has 5 heteroatoms. The number of nitrogens with zero attached hydrogens (tertiary/aromatic N) is 2. The lowest BCUT2D eigenvalue weighted by molar-refractivity contribution is 0.244. The molecule has 0 spiro atoms. The Labute approximate surface area is 162 Å². The van der Waals surface area contributed by atoms with Crippen LogP contribution in [0.5, 0.6) is 17.2 Å². The average Bonchev–Trinajstić information content (AvgIpc) is 2.93. The van der Waals surface area contributed by atoms with Gasteiger partial charge in [-0.15, -0.1) is 0 Å². The molecule has 27 heavy (non-hydrogen) atoms. The highest BCUT2D eigenvalue weighted by Crippen LogP contribution is 2.25. The Balaban J connectivity index is 1.58. The molecule has 146 valence electrons. The van der Waals surface area contributed by atoms with Crippen LogP contribution in [0.25, 0.3) is 0 Å². The Bertz CT molecular complexity index is 718. The normalized spacial score (nSPS) is 16.0. The van der Waals surface area contributed by atoms with Gasteiger partial charge in [-0.1, -0.05) is 12.1 Å². The molecule has 0 radical (unpaired) electrons. The Morgan fingerprint density at radius 1 is 0.704 bits per heavy atom. The molecule has 1 aliphatic heterocycles. The van der Waals surface area contributed by atoms with E-state index in [9.17, 15) is 0 Å². The maximum atomic E-state index is 5.53. The van der Waals surface area contributed by atoms with Crippen LogP contribution in [-0.2, 0) is 13.1 Å². The summed E-state index contributed by atoms with van der Waals surface area (Å²) in [5.41, 5.74) is 2.51. The molecule has 0 amide bonds. The zero-order chi connectivity index (χ0) is 19.1. The summed E-state index contributed by atoms with van der Waals surface area (Å²) in [5.74, 6) is 2.71. The second-order valence-corrected chi connectivity index (χ2v) is 6.93. The minimum atomic E-state index is 0.877. The van der Waals surface area contributed by atoms with Crippen LogP contribution in [0.2, 0.25) is 0 Å². The van der Waals surface area contributed by atoms with Gasteiger partial charge < -0.3 is 14.2 Å². The van der Waals surface area contributed by atoms with Crippen molar-refractivity contribution in [1.82, 2.24) is 9.80 Å². The summed E-state index contributed by atoms with van der Waals surface area (Å²) in [6.07, 6.45) is 1.17. The number of benzene rings is 2. The zero-order valence-electron chi connectivity index (χ0n) is 16.6. The van der Waals surface area contributed by atoms with E-state index in [4.69, 9.17) is 14.2 Å². The molecule has 0 unspecified atom stereocenters. The highest BCUT2D eigenvalue weighted by atomic mass is 16.5. The van der Waals surface area contributed by atoms with E-state index in [1.165, 1.54) is 17.5 Å². The van der Waals surface area contributed by atoms with Crippen LogP contribution in [0.15, 0.2) is 42.5 Å². The van der Waals surface area contributed by atoms with E-state index in [1.807, 2.05) is 24.3 Å². The predicted octanol–water partition coefficient (Wildman–Crippen LogP) is 3.42. The fraction of sp³-hybridized carbons (Fsp3) is 0.455.